The molecule has 0 saturated carbocycles. The Bertz CT molecular complexity index is 650. The number of nitrogens with one attached hydrogen (secondary N) is 2. The van der Waals surface area contributed by atoms with Gasteiger partial charge in [0.1, 0.15) is 6.04 Å². The molecule has 1 aliphatic rings. The minimum Gasteiger partial charge on any atom is -0.344 e. The van der Waals surface area contributed by atoms with Crippen LogP contribution in [0.2, 0.25) is 0 Å². The Labute approximate surface area is 166 Å². The topological polar surface area (TPSA) is 98.7 Å². The average molecular weight is 389 g/mol. The molecule has 1 saturated heterocycles. The average Bonchev–Trinajstić information content (AvgIpc) is 2.71. The van der Waals surface area contributed by atoms with Crippen molar-refractivity contribution in [2.24, 2.45) is 5.92 Å². The zero-order chi connectivity index (χ0) is 20.4. The zero-order valence-corrected chi connectivity index (χ0v) is 16.5. The molecule has 7 nitrogen and oxygen atoms in total. The second-order valence-electron chi connectivity index (χ2n) is 7.46. The highest BCUT2D eigenvalue weighted by Gasteiger charge is 2.29. The van der Waals surface area contributed by atoms with Crippen molar-refractivity contribution in [2.45, 2.75) is 57.4 Å². The van der Waals surface area contributed by atoms with Crippen molar-refractivity contribution in [3.05, 3.63) is 35.9 Å². The van der Waals surface area contributed by atoms with Gasteiger partial charge in [-0.25, -0.2) is 5.48 Å². The van der Waals surface area contributed by atoms with Crippen LogP contribution in [0.1, 0.15) is 63.0 Å². The highest BCUT2D eigenvalue weighted by Crippen LogP contribution is 2.21. The van der Waals surface area contributed by atoms with Crippen LogP contribution in [0.3, 0.4) is 0 Å². The van der Waals surface area contributed by atoms with E-state index in [1.807, 2.05) is 30.3 Å². The number of nitrogens with zero attached hydrogens (tertiary/aromatic N) is 1. The molecule has 2 atom stereocenters. The SMILES string of the molecule is CN1CCCCCCCCC(CC(=O)NO)C(=O)NC(c2ccccc2)C1=O. The molecule has 0 radical (unpaired) electrons. The molecule has 1 heterocycles. The first kappa shape index (κ1) is 21.9. The number of hydrogen-bond acceptors (Lipinski definition) is 4. The first-order valence-electron chi connectivity index (χ1n) is 10.1. The quantitative estimate of drug-likeness (QED) is 0.546. The van der Waals surface area contributed by atoms with E-state index in [0.717, 1.165) is 38.5 Å². The molecule has 3 N–H and O–H groups in total. The fourth-order valence-electron chi connectivity index (χ4n) is 3.57. The van der Waals surface area contributed by atoms with E-state index in [1.165, 1.54) is 0 Å². The minimum atomic E-state index is -0.790. The standard InChI is InChI=1S/C21H31N3O4/c1-24-14-10-5-3-2-4-7-13-17(15-18(25)23-28)20(26)22-19(21(24)27)16-11-8-6-9-12-16/h6,8-9,11-12,17,19,28H,2-5,7,10,13-15H2,1H3,(H,22,26)(H,23,25). The minimum absolute atomic E-state index is 0.103. The number of likely N-dealkylation sites (N-methyl/N-ethyl adjacent to an activating group) is 1. The highest BCUT2D eigenvalue weighted by atomic mass is 16.5. The molecule has 1 fully saturated rings. The second-order valence-corrected chi connectivity index (χ2v) is 7.46. The van der Waals surface area contributed by atoms with E-state index in [-0.39, 0.29) is 18.2 Å². The van der Waals surface area contributed by atoms with Gasteiger partial charge >= 0.3 is 0 Å². The molecule has 7 heteroatoms. The number of amides is 3. The monoisotopic (exact) mass is 389 g/mol. The van der Waals surface area contributed by atoms with E-state index in [2.05, 4.69) is 5.32 Å². The lowest BCUT2D eigenvalue weighted by molar-refractivity contribution is -0.138. The Kier molecular flexibility index (Phi) is 8.94. The molecule has 0 bridgehead atoms. The smallest absolute Gasteiger partial charge is 0.249 e. The molecule has 1 aromatic carbocycles. The van der Waals surface area contributed by atoms with Gasteiger partial charge in [-0.05, 0) is 18.4 Å². The second kappa shape index (κ2) is 11.4. The lowest BCUT2D eigenvalue weighted by atomic mass is 9.94. The molecule has 0 aromatic heterocycles. The third-order valence-electron chi connectivity index (χ3n) is 5.27. The summed E-state index contributed by atoms with van der Waals surface area (Å²) in [5.74, 6) is -1.68. The van der Waals surface area contributed by atoms with Gasteiger partial charge in [0, 0.05) is 25.9 Å². The van der Waals surface area contributed by atoms with Crippen molar-refractivity contribution in [3.63, 3.8) is 0 Å². The maximum Gasteiger partial charge on any atom is 0.249 e. The summed E-state index contributed by atoms with van der Waals surface area (Å²) in [6, 6.07) is 8.36. The summed E-state index contributed by atoms with van der Waals surface area (Å²) in [6.07, 6.45) is 6.46. The molecule has 1 aromatic rings. The molecule has 0 aliphatic carbocycles. The van der Waals surface area contributed by atoms with Crippen molar-refractivity contribution in [2.75, 3.05) is 13.6 Å². The lowest BCUT2D eigenvalue weighted by Crippen LogP contribution is -2.44. The number of benzene rings is 1. The molecule has 154 valence electrons. The van der Waals surface area contributed by atoms with Crippen molar-refractivity contribution < 1.29 is 19.6 Å². The molecule has 3 amide bonds. The summed E-state index contributed by atoms with van der Waals surface area (Å²) >= 11 is 0. The normalized spacial score (nSPS) is 22.9. The van der Waals surface area contributed by atoms with Gasteiger partial charge in [0.25, 0.3) is 0 Å². The molecule has 1 aliphatic heterocycles. The van der Waals surface area contributed by atoms with Gasteiger partial charge in [-0.15, -0.1) is 0 Å². The molecule has 2 unspecified atom stereocenters. The Balaban J connectivity index is 2.25. The number of hydroxylamine groups is 1. The lowest BCUT2D eigenvalue weighted by Gasteiger charge is -2.27. The van der Waals surface area contributed by atoms with Gasteiger partial charge < -0.3 is 10.2 Å². The Hall–Kier alpha value is -2.41. The molecular formula is C21H31N3O4. The van der Waals surface area contributed by atoms with Gasteiger partial charge in [0.15, 0.2) is 0 Å². The summed E-state index contributed by atoms with van der Waals surface area (Å²) in [6.45, 7) is 0.647. The summed E-state index contributed by atoms with van der Waals surface area (Å²) in [5, 5.41) is 11.7. The van der Waals surface area contributed by atoms with E-state index in [4.69, 9.17) is 5.21 Å². The third-order valence-corrected chi connectivity index (χ3v) is 5.27. The highest BCUT2D eigenvalue weighted by molar-refractivity contribution is 5.91. The predicted octanol–water partition coefficient (Wildman–Crippen LogP) is 2.56. The zero-order valence-electron chi connectivity index (χ0n) is 16.5. The van der Waals surface area contributed by atoms with Crippen LogP contribution in [0, 0.1) is 5.92 Å². The molecule has 0 spiro atoms. The van der Waals surface area contributed by atoms with Crippen LogP contribution in [0.25, 0.3) is 0 Å². The van der Waals surface area contributed by atoms with Crippen molar-refractivity contribution >= 4 is 17.7 Å². The van der Waals surface area contributed by atoms with Crippen molar-refractivity contribution in [3.8, 4) is 0 Å². The van der Waals surface area contributed by atoms with Crippen LogP contribution >= 0.6 is 0 Å². The Morgan fingerprint density at radius 3 is 2.43 bits per heavy atom. The number of carbonyl (C=O) groups is 3. The molecular weight excluding hydrogens is 358 g/mol. The summed E-state index contributed by atoms with van der Waals surface area (Å²) in [5.41, 5.74) is 2.32. The van der Waals surface area contributed by atoms with Crippen molar-refractivity contribution in [1.29, 1.82) is 0 Å². The predicted molar refractivity (Wildman–Crippen MR) is 105 cm³/mol. The van der Waals surface area contributed by atoms with Crippen LogP contribution in [0.15, 0.2) is 30.3 Å². The van der Waals surface area contributed by atoms with Crippen molar-refractivity contribution in [1.82, 2.24) is 15.7 Å². The van der Waals surface area contributed by atoms with Gasteiger partial charge in [-0.3, -0.25) is 19.6 Å². The van der Waals surface area contributed by atoms with Crippen LogP contribution in [0.4, 0.5) is 0 Å². The van der Waals surface area contributed by atoms with Gasteiger partial charge in [-0.2, -0.15) is 0 Å². The number of carbonyl (C=O) groups excluding carboxylic acids is 3. The third kappa shape index (κ3) is 6.64. The first-order chi connectivity index (χ1) is 13.5. The van der Waals surface area contributed by atoms with Crippen LogP contribution in [-0.2, 0) is 14.4 Å². The van der Waals surface area contributed by atoms with Gasteiger partial charge in [0.2, 0.25) is 17.7 Å². The fraction of sp³-hybridized carbons (Fsp3) is 0.571. The molecule has 2 rings (SSSR count). The fourth-order valence-corrected chi connectivity index (χ4v) is 3.57. The summed E-state index contributed by atoms with van der Waals surface area (Å²) < 4.78 is 0. The van der Waals surface area contributed by atoms with Crippen LogP contribution < -0.4 is 10.8 Å². The maximum absolute atomic E-state index is 13.0. The summed E-state index contributed by atoms with van der Waals surface area (Å²) in [4.78, 5) is 39.3. The van der Waals surface area contributed by atoms with Crippen LogP contribution in [0.5, 0.6) is 0 Å². The van der Waals surface area contributed by atoms with E-state index in [0.29, 0.717) is 18.5 Å². The van der Waals surface area contributed by atoms with Gasteiger partial charge in [0.05, 0.1) is 0 Å². The molecule has 28 heavy (non-hydrogen) atoms. The van der Waals surface area contributed by atoms with E-state index in [9.17, 15) is 14.4 Å². The number of rotatable bonds is 3. The Morgan fingerprint density at radius 1 is 1.11 bits per heavy atom. The Morgan fingerprint density at radius 2 is 1.75 bits per heavy atom. The van der Waals surface area contributed by atoms with Crippen LogP contribution in [-0.4, -0.2) is 41.4 Å². The van der Waals surface area contributed by atoms with E-state index >= 15 is 0 Å². The van der Waals surface area contributed by atoms with Gasteiger partial charge in [-0.1, -0.05) is 62.4 Å². The first-order valence-corrected chi connectivity index (χ1v) is 10.1. The largest absolute Gasteiger partial charge is 0.344 e. The van der Waals surface area contributed by atoms with E-state index in [1.54, 1.807) is 17.4 Å². The number of hydrogen-bond donors (Lipinski definition) is 3. The van der Waals surface area contributed by atoms with E-state index < -0.39 is 17.9 Å². The summed E-state index contributed by atoms with van der Waals surface area (Å²) in [7, 11) is 1.76. The maximum atomic E-state index is 13.0.